The second-order valence-electron chi connectivity index (χ2n) is 6.32. The van der Waals surface area contributed by atoms with E-state index in [9.17, 15) is 4.79 Å². The number of benzene rings is 2. The summed E-state index contributed by atoms with van der Waals surface area (Å²) in [6.07, 6.45) is 0. The van der Waals surface area contributed by atoms with E-state index in [1.165, 1.54) is 15.6 Å². The van der Waals surface area contributed by atoms with Gasteiger partial charge in [0.2, 0.25) is 0 Å². The molecule has 4 nitrogen and oxygen atoms in total. The van der Waals surface area contributed by atoms with Crippen molar-refractivity contribution < 1.29 is 4.79 Å². The summed E-state index contributed by atoms with van der Waals surface area (Å²) in [7, 11) is 4.08. The van der Waals surface area contributed by atoms with Crippen LogP contribution in [0.1, 0.15) is 17.2 Å². The predicted molar refractivity (Wildman–Crippen MR) is 106 cm³/mol. The Kier molecular flexibility index (Phi) is 5.36. The van der Waals surface area contributed by atoms with Crippen LogP contribution in [0, 0.1) is 6.92 Å². The Labute approximate surface area is 152 Å². The number of carbonyl (C=O) groups is 1. The van der Waals surface area contributed by atoms with Crippen molar-refractivity contribution in [3.8, 4) is 0 Å². The zero-order valence-corrected chi connectivity index (χ0v) is 15.6. The molecule has 0 bridgehead atoms. The molecule has 3 aromatic rings. The van der Waals surface area contributed by atoms with Crippen molar-refractivity contribution in [2.75, 3.05) is 26.0 Å². The summed E-state index contributed by atoms with van der Waals surface area (Å²) in [6, 6.07) is 16.1. The maximum atomic E-state index is 12.3. The summed E-state index contributed by atoms with van der Waals surface area (Å²) >= 11 is 1.74. The fourth-order valence-electron chi connectivity index (χ4n) is 2.90. The summed E-state index contributed by atoms with van der Waals surface area (Å²) in [5, 5.41) is 9.37. The van der Waals surface area contributed by atoms with Gasteiger partial charge >= 0.3 is 6.03 Å². The molecule has 0 spiro atoms. The number of likely N-dealkylation sites (N-methyl/N-ethyl adjacent to an activating group) is 1. The molecule has 130 valence electrons. The first kappa shape index (κ1) is 17.5. The molecule has 2 amide bonds. The van der Waals surface area contributed by atoms with Gasteiger partial charge in [-0.2, -0.15) is 0 Å². The van der Waals surface area contributed by atoms with Gasteiger partial charge in [0.15, 0.2) is 0 Å². The average molecular weight is 353 g/mol. The van der Waals surface area contributed by atoms with Crippen molar-refractivity contribution in [3.05, 3.63) is 65.0 Å². The van der Waals surface area contributed by atoms with Crippen LogP contribution in [0.15, 0.2) is 53.9 Å². The van der Waals surface area contributed by atoms with Gasteiger partial charge < -0.3 is 15.5 Å². The summed E-state index contributed by atoms with van der Waals surface area (Å²) in [4.78, 5) is 14.4. The van der Waals surface area contributed by atoms with E-state index in [2.05, 4.69) is 45.2 Å². The molecule has 25 heavy (non-hydrogen) atoms. The van der Waals surface area contributed by atoms with E-state index in [-0.39, 0.29) is 12.1 Å². The number of hydrogen-bond donors (Lipinski definition) is 2. The van der Waals surface area contributed by atoms with E-state index >= 15 is 0 Å². The summed E-state index contributed by atoms with van der Waals surface area (Å²) in [6.45, 7) is 2.53. The van der Waals surface area contributed by atoms with Gasteiger partial charge in [-0.05, 0) is 55.0 Å². The Morgan fingerprint density at radius 3 is 2.60 bits per heavy atom. The van der Waals surface area contributed by atoms with Crippen LogP contribution in [0.5, 0.6) is 0 Å². The largest absolute Gasteiger partial charge is 0.336 e. The highest BCUT2D eigenvalue weighted by Crippen LogP contribution is 2.32. The van der Waals surface area contributed by atoms with Gasteiger partial charge in [-0.1, -0.05) is 36.4 Å². The van der Waals surface area contributed by atoms with Gasteiger partial charge in [0.05, 0.1) is 6.04 Å². The quantitative estimate of drug-likeness (QED) is 0.702. The topological polar surface area (TPSA) is 44.4 Å². The first-order valence-corrected chi connectivity index (χ1v) is 9.17. The highest BCUT2D eigenvalue weighted by atomic mass is 32.1. The third-order valence-electron chi connectivity index (χ3n) is 4.34. The van der Waals surface area contributed by atoms with Gasteiger partial charge in [-0.15, -0.1) is 11.3 Å². The van der Waals surface area contributed by atoms with E-state index < -0.39 is 0 Å². The zero-order chi connectivity index (χ0) is 17.8. The number of aryl methyl sites for hydroxylation is 1. The van der Waals surface area contributed by atoms with Crippen LogP contribution >= 0.6 is 11.3 Å². The Morgan fingerprint density at radius 2 is 1.84 bits per heavy atom. The normalized spacial score (nSPS) is 12.3. The van der Waals surface area contributed by atoms with Crippen LogP contribution in [0.3, 0.4) is 0 Å². The van der Waals surface area contributed by atoms with Crippen LogP contribution in [0.25, 0.3) is 10.1 Å². The summed E-state index contributed by atoms with van der Waals surface area (Å²) in [5.41, 5.74) is 3.13. The lowest BCUT2D eigenvalue weighted by Gasteiger charge is -2.24. The molecule has 5 heteroatoms. The van der Waals surface area contributed by atoms with Gasteiger partial charge in [-0.3, -0.25) is 0 Å². The summed E-state index contributed by atoms with van der Waals surface area (Å²) in [5.74, 6) is 0. The highest BCUT2D eigenvalue weighted by molar-refractivity contribution is 7.17. The number of hydrogen-bond acceptors (Lipinski definition) is 3. The maximum absolute atomic E-state index is 12.3. The molecule has 1 aromatic heterocycles. The second kappa shape index (κ2) is 7.68. The standard InChI is InChI=1S/C20H23N3OS/c1-14-8-4-6-10-17(14)22-20(24)21-12-18(23(2)3)16-13-25-19-11-7-5-9-15(16)19/h4-11,13,18H,12H2,1-3H3,(H2,21,22,24)/t18-/m0/s1. The third kappa shape index (κ3) is 4.00. The van der Waals surface area contributed by atoms with Crippen LogP contribution in [0.2, 0.25) is 0 Å². The number of anilines is 1. The minimum absolute atomic E-state index is 0.124. The smallest absolute Gasteiger partial charge is 0.319 e. The number of fused-ring (bicyclic) bond motifs is 1. The van der Waals surface area contributed by atoms with E-state index in [1.54, 1.807) is 11.3 Å². The predicted octanol–water partition coefficient (Wildman–Crippen LogP) is 4.63. The minimum Gasteiger partial charge on any atom is -0.336 e. The van der Waals surface area contributed by atoms with Crippen molar-refractivity contribution in [3.63, 3.8) is 0 Å². The number of thiophene rings is 1. The zero-order valence-electron chi connectivity index (χ0n) is 14.7. The molecule has 0 saturated heterocycles. The Morgan fingerprint density at radius 1 is 1.12 bits per heavy atom. The first-order chi connectivity index (χ1) is 12.1. The van der Waals surface area contributed by atoms with E-state index in [1.807, 2.05) is 45.3 Å². The Balaban J connectivity index is 1.70. The van der Waals surface area contributed by atoms with Crippen LogP contribution < -0.4 is 10.6 Å². The molecular weight excluding hydrogens is 330 g/mol. The fraction of sp³-hybridized carbons (Fsp3) is 0.250. The molecule has 1 atom stereocenters. The number of nitrogens with zero attached hydrogens (tertiary/aromatic N) is 1. The molecule has 3 rings (SSSR count). The number of urea groups is 1. The first-order valence-electron chi connectivity index (χ1n) is 8.29. The lowest BCUT2D eigenvalue weighted by molar-refractivity contribution is 0.243. The molecule has 1 heterocycles. The molecular formula is C20H23N3OS. The van der Waals surface area contributed by atoms with Gasteiger partial charge in [0, 0.05) is 16.9 Å². The summed E-state index contributed by atoms with van der Waals surface area (Å²) < 4.78 is 1.27. The van der Waals surface area contributed by atoms with Crippen molar-refractivity contribution >= 4 is 33.1 Å². The fourth-order valence-corrected chi connectivity index (χ4v) is 3.90. The van der Waals surface area contributed by atoms with Crippen molar-refractivity contribution in [1.29, 1.82) is 0 Å². The lowest BCUT2D eigenvalue weighted by Crippen LogP contribution is -2.36. The van der Waals surface area contributed by atoms with Gasteiger partial charge in [0.25, 0.3) is 0 Å². The molecule has 2 aromatic carbocycles. The Bertz CT molecular complexity index is 872. The van der Waals surface area contributed by atoms with Crippen molar-refractivity contribution in [1.82, 2.24) is 10.2 Å². The van der Waals surface area contributed by atoms with Crippen LogP contribution in [0.4, 0.5) is 10.5 Å². The van der Waals surface area contributed by atoms with Crippen molar-refractivity contribution in [2.24, 2.45) is 0 Å². The highest BCUT2D eigenvalue weighted by Gasteiger charge is 2.19. The van der Waals surface area contributed by atoms with Crippen LogP contribution in [-0.4, -0.2) is 31.6 Å². The van der Waals surface area contributed by atoms with Crippen LogP contribution in [-0.2, 0) is 0 Å². The molecule has 0 aliphatic carbocycles. The second-order valence-corrected chi connectivity index (χ2v) is 7.23. The number of amides is 2. The molecule has 0 radical (unpaired) electrons. The third-order valence-corrected chi connectivity index (χ3v) is 5.32. The SMILES string of the molecule is Cc1ccccc1NC(=O)NC[C@@H](c1csc2ccccc12)N(C)C. The number of carbonyl (C=O) groups excluding carboxylic acids is 1. The minimum atomic E-state index is -0.180. The molecule has 0 fully saturated rings. The number of rotatable bonds is 5. The molecule has 0 unspecified atom stereocenters. The molecule has 0 aliphatic rings. The van der Waals surface area contributed by atoms with E-state index in [0.29, 0.717) is 6.54 Å². The van der Waals surface area contributed by atoms with E-state index in [4.69, 9.17) is 0 Å². The molecule has 0 aliphatic heterocycles. The lowest BCUT2D eigenvalue weighted by atomic mass is 10.0. The van der Waals surface area contributed by atoms with Gasteiger partial charge in [0.1, 0.15) is 0 Å². The maximum Gasteiger partial charge on any atom is 0.319 e. The number of para-hydroxylation sites is 1. The molecule has 0 saturated carbocycles. The average Bonchev–Trinajstić information content (AvgIpc) is 3.01. The number of nitrogens with one attached hydrogen (secondary N) is 2. The molecule has 2 N–H and O–H groups in total. The Hall–Kier alpha value is -2.37. The van der Waals surface area contributed by atoms with Crippen molar-refractivity contribution in [2.45, 2.75) is 13.0 Å². The van der Waals surface area contributed by atoms with Gasteiger partial charge in [-0.25, -0.2) is 4.79 Å². The van der Waals surface area contributed by atoms with E-state index in [0.717, 1.165) is 11.3 Å². The monoisotopic (exact) mass is 353 g/mol.